The van der Waals surface area contributed by atoms with Gasteiger partial charge in [0.15, 0.2) is 0 Å². The molecule has 25 heavy (non-hydrogen) atoms. The maximum atomic E-state index is 13.3. The fraction of sp³-hybridized carbons (Fsp3) is 0.250. The number of alkyl halides is 4. The van der Waals surface area contributed by atoms with Gasteiger partial charge in [0, 0.05) is 0 Å². The summed E-state index contributed by atoms with van der Waals surface area (Å²) >= 11 is 1.53. The Balaban J connectivity index is 2.22. The van der Waals surface area contributed by atoms with E-state index in [1.165, 1.54) is 12.1 Å². The second kappa shape index (κ2) is 6.30. The minimum absolute atomic E-state index is 0.00392. The van der Waals surface area contributed by atoms with E-state index in [0.29, 0.717) is 5.39 Å². The molecule has 0 amide bonds. The summed E-state index contributed by atoms with van der Waals surface area (Å²) in [6.07, 6.45) is 7.71. The number of hydrogen-bond donors (Lipinski definition) is 0. The van der Waals surface area contributed by atoms with Crippen LogP contribution in [0.2, 0.25) is 0 Å². The Hall–Kier alpha value is -1.02. The summed E-state index contributed by atoms with van der Waals surface area (Å²) in [5, 5.41) is -4.05. The molecule has 2 unspecified atom stereocenters. The molecule has 0 saturated carbocycles. The molecule has 9 heteroatoms. The zero-order valence-electron chi connectivity index (χ0n) is 12.9. The molecule has 0 radical (unpaired) electrons. The third-order valence-corrected chi connectivity index (χ3v) is 9.56. The van der Waals surface area contributed by atoms with Crippen molar-refractivity contribution in [1.29, 1.82) is 0 Å². The van der Waals surface area contributed by atoms with E-state index in [1.54, 1.807) is 43.4 Å². The van der Waals surface area contributed by atoms with Gasteiger partial charge in [-0.15, -0.1) is 0 Å². The fourth-order valence-corrected chi connectivity index (χ4v) is 6.99. The molecule has 0 bridgehead atoms. The number of nitrogens with zero attached hydrogens (tertiary/aromatic N) is 1. The van der Waals surface area contributed by atoms with Gasteiger partial charge in [-0.3, -0.25) is 0 Å². The van der Waals surface area contributed by atoms with E-state index < -0.39 is 39.6 Å². The van der Waals surface area contributed by atoms with Gasteiger partial charge in [-0.2, -0.15) is 0 Å². The third-order valence-electron chi connectivity index (χ3n) is 4.05. The number of rotatable bonds is 3. The van der Waals surface area contributed by atoms with Crippen molar-refractivity contribution in [3.8, 4) is 0 Å². The second-order valence-corrected chi connectivity index (χ2v) is 11.2. The molecule has 0 N–H and O–H groups in total. The number of aromatic nitrogens is 1. The average molecular weight is 499 g/mol. The van der Waals surface area contributed by atoms with E-state index in [2.05, 4.69) is 15.9 Å². The van der Waals surface area contributed by atoms with Crippen LogP contribution in [-0.4, -0.2) is 42.0 Å². The summed E-state index contributed by atoms with van der Waals surface area (Å²) < 4.78 is 65.0. The quantitative estimate of drug-likeness (QED) is 0.481. The summed E-state index contributed by atoms with van der Waals surface area (Å²) in [4.78, 5) is -0.493. The molecule has 0 aliphatic heterocycles. The number of para-hydroxylation sites is 1. The van der Waals surface area contributed by atoms with Crippen LogP contribution in [0.3, 0.4) is 0 Å². The number of hydrogen-bond acceptors (Lipinski definition) is 2. The van der Waals surface area contributed by atoms with Gasteiger partial charge in [-0.05, 0) is 0 Å². The standard InChI is InChI=1S/C16H13BrF3NO2SSe/c1-15(9-5-4-8-14(15)17)24(22,23)21-10-13(25-16(18,19)20)11-6-2-3-7-12(11)21/h2-10,14H,1H3. The second-order valence-electron chi connectivity index (χ2n) is 5.69. The summed E-state index contributed by atoms with van der Waals surface area (Å²) in [5.41, 5.74) is 0.257. The molecule has 1 aromatic carbocycles. The fourth-order valence-electron chi connectivity index (χ4n) is 2.66. The number of halogens is 4. The van der Waals surface area contributed by atoms with Crippen molar-refractivity contribution in [2.75, 3.05) is 0 Å². The van der Waals surface area contributed by atoms with Crippen LogP contribution in [0, 0.1) is 0 Å². The normalized spacial score (nSPS) is 24.1. The van der Waals surface area contributed by atoms with E-state index in [9.17, 15) is 21.6 Å². The summed E-state index contributed by atoms with van der Waals surface area (Å²) in [6, 6.07) is 6.27. The van der Waals surface area contributed by atoms with Crippen LogP contribution < -0.4 is 4.46 Å². The van der Waals surface area contributed by atoms with E-state index in [1.807, 2.05) is 0 Å². The van der Waals surface area contributed by atoms with Crippen molar-refractivity contribution < 1.29 is 21.6 Å². The first kappa shape index (κ1) is 18.8. The van der Waals surface area contributed by atoms with Crippen molar-refractivity contribution in [2.24, 2.45) is 0 Å². The van der Waals surface area contributed by atoms with Crippen LogP contribution >= 0.6 is 15.9 Å². The molecule has 0 saturated heterocycles. The van der Waals surface area contributed by atoms with Crippen molar-refractivity contribution in [1.82, 2.24) is 3.97 Å². The number of benzene rings is 1. The van der Waals surface area contributed by atoms with Crippen LogP contribution in [0.25, 0.3) is 10.9 Å². The van der Waals surface area contributed by atoms with E-state index >= 15 is 0 Å². The van der Waals surface area contributed by atoms with Gasteiger partial charge in [0.25, 0.3) is 0 Å². The van der Waals surface area contributed by atoms with Crippen LogP contribution in [0.15, 0.2) is 54.8 Å². The van der Waals surface area contributed by atoms with Crippen LogP contribution in [-0.2, 0) is 10.0 Å². The molecule has 0 spiro atoms. The first-order valence-corrected chi connectivity index (χ1v) is 11.2. The molecular weight excluding hydrogens is 486 g/mol. The Labute approximate surface area is 157 Å². The van der Waals surface area contributed by atoms with Gasteiger partial charge < -0.3 is 0 Å². The zero-order valence-corrected chi connectivity index (χ0v) is 17.0. The molecule has 3 nitrogen and oxygen atoms in total. The van der Waals surface area contributed by atoms with E-state index in [4.69, 9.17) is 0 Å². The Morgan fingerprint density at radius 1 is 1.24 bits per heavy atom. The van der Waals surface area contributed by atoms with Crippen LogP contribution in [0.1, 0.15) is 6.92 Å². The van der Waals surface area contributed by atoms with Crippen LogP contribution in [0.4, 0.5) is 13.2 Å². The summed E-state index contributed by atoms with van der Waals surface area (Å²) in [5.74, 6) is 0. The van der Waals surface area contributed by atoms with Crippen molar-refractivity contribution in [3.05, 3.63) is 54.8 Å². The molecule has 1 aliphatic rings. The van der Waals surface area contributed by atoms with Gasteiger partial charge in [0.2, 0.25) is 0 Å². The minimum atomic E-state index is -4.36. The van der Waals surface area contributed by atoms with Gasteiger partial charge in [-0.1, -0.05) is 0 Å². The Bertz CT molecular complexity index is 981. The molecule has 1 aromatic heterocycles. The van der Waals surface area contributed by atoms with Gasteiger partial charge in [0.1, 0.15) is 0 Å². The Morgan fingerprint density at radius 2 is 1.92 bits per heavy atom. The predicted molar refractivity (Wildman–Crippen MR) is 97.1 cm³/mol. The Morgan fingerprint density at radius 3 is 2.56 bits per heavy atom. The van der Waals surface area contributed by atoms with Crippen LogP contribution in [0.5, 0.6) is 0 Å². The first-order valence-electron chi connectivity index (χ1n) is 7.17. The summed E-state index contributed by atoms with van der Waals surface area (Å²) in [7, 11) is -4.00. The number of fused-ring (bicyclic) bond motifs is 1. The third kappa shape index (κ3) is 3.23. The molecule has 1 aliphatic carbocycles. The molecule has 3 rings (SSSR count). The molecule has 1 heterocycles. The molecule has 2 aromatic rings. The van der Waals surface area contributed by atoms with Crippen molar-refractivity contribution >= 4 is 56.3 Å². The van der Waals surface area contributed by atoms with E-state index in [0.717, 1.165) is 10.2 Å². The van der Waals surface area contributed by atoms with Gasteiger partial charge in [-0.25, -0.2) is 0 Å². The number of allylic oxidation sites excluding steroid dienone is 3. The molecular formula is C16H13BrF3NO2SSe. The van der Waals surface area contributed by atoms with Gasteiger partial charge in [0.05, 0.1) is 0 Å². The predicted octanol–water partition coefficient (Wildman–Crippen LogP) is 3.32. The first-order chi connectivity index (χ1) is 11.6. The summed E-state index contributed by atoms with van der Waals surface area (Å²) in [6.45, 7) is 1.55. The zero-order chi connectivity index (χ0) is 18.5. The maximum absolute atomic E-state index is 13.3. The molecule has 0 fully saturated rings. The average Bonchev–Trinajstić information content (AvgIpc) is 2.88. The monoisotopic (exact) mass is 499 g/mol. The van der Waals surface area contributed by atoms with E-state index in [-0.39, 0.29) is 9.98 Å². The molecule has 2 atom stereocenters. The molecule has 134 valence electrons. The Kier molecular flexibility index (Phi) is 4.73. The van der Waals surface area contributed by atoms with Crippen molar-refractivity contribution in [2.45, 2.75) is 21.6 Å². The topological polar surface area (TPSA) is 39.1 Å². The van der Waals surface area contributed by atoms with Gasteiger partial charge >= 0.3 is 158 Å². The van der Waals surface area contributed by atoms with Crippen molar-refractivity contribution in [3.63, 3.8) is 0 Å². The SMILES string of the molecule is CC1(S(=O)(=O)n2cc([Se]C(F)(F)F)c3ccccc32)C=CC=CC1Br.